The van der Waals surface area contributed by atoms with Gasteiger partial charge in [0.2, 0.25) is 10.0 Å². The number of nitrogens with one attached hydrogen (secondary N) is 1. The van der Waals surface area contributed by atoms with Crippen LogP contribution in [-0.4, -0.2) is 62.9 Å². The summed E-state index contributed by atoms with van der Waals surface area (Å²) >= 11 is 5.68. The van der Waals surface area contributed by atoms with E-state index in [0.717, 1.165) is 25.6 Å². The number of hydrogen-bond acceptors (Lipinski definition) is 4. The van der Waals surface area contributed by atoms with E-state index < -0.39 is 15.8 Å². The zero-order chi connectivity index (χ0) is 15.7. The van der Waals surface area contributed by atoms with E-state index in [1.54, 1.807) is 0 Å². The number of halogens is 3. The third kappa shape index (κ3) is 3.97. The molecule has 2 aliphatic rings. The van der Waals surface area contributed by atoms with E-state index in [4.69, 9.17) is 11.6 Å². The number of rotatable bonds is 3. The molecule has 0 spiro atoms. The fraction of sp³-hybridized carbons (Fsp3) is 0.571. The summed E-state index contributed by atoms with van der Waals surface area (Å²) in [5.41, 5.74) is 0. The molecule has 2 saturated heterocycles. The maximum absolute atomic E-state index is 13.9. The highest BCUT2D eigenvalue weighted by Gasteiger charge is 2.33. The average molecular weight is 384 g/mol. The zero-order valence-electron chi connectivity index (χ0n) is 12.5. The van der Waals surface area contributed by atoms with Crippen LogP contribution in [0.1, 0.15) is 6.42 Å². The van der Waals surface area contributed by atoms with E-state index in [2.05, 4.69) is 10.2 Å². The normalized spacial score (nSPS) is 23.7. The van der Waals surface area contributed by atoms with Crippen molar-refractivity contribution in [1.82, 2.24) is 14.5 Å². The highest BCUT2D eigenvalue weighted by molar-refractivity contribution is 7.89. The average Bonchev–Trinajstić information content (AvgIpc) is 3.01. The Bertz CT molecular complexity index is 645. The van der Waals surface area contributed by atoms with Crippen LogP contribution in [0.25, 0.3) is 0 Å². The van der Waals surface area contributed by atoms with Crippen LogP contribution in [0.3, 0.4) is 0 Å². The molecule has 1 aromatic rings. The number of sulfonamides is 1. The Labute approximate surface area is 147 Å². The summed E-state index contributed by atoms with van der Waals surface area (Å²) in [7, 11) is -3.80. The molecule has 0 radical (unpaired) electrons. The van der Waals surface area contributed by atoms with Crippen LogP contribution in [-0.2, 0) is 10.0 Å². The fourth-order valence-corrected chi connectivity index (χ4v) is 4.71. The van der Waals surface area contributed by atoms with Gasteiger partial charge in [0.05, 0.1) is 0 Å². The van der Waals surface area contributed by atoms with Crippen molar-refractivity contribution in [3.05, 3.63) is 29.0 Å². The molecule has 0 bridgehead atoms. The Morgan fingerprint density at radius 2 is 1.91 bits per heavy atom. The maximum atomic E-state index is 13.9. The van der Waals surface area contributed by atoms with E-state index in [0.29, 0.717) is 32.2 Å². The van der Waals surface area contributed by atoms with Gasteiger partial charge >= 0.3 is 0 Å². The minimum atomic E-state index is -3.80. The molecule has 0 amide bonds. The van der Waals surface area contributed by atoms with Gasteiger partial charge in [-0.25, -0.2) is 12.8 Å². The van der Waals surface area contributed by atoms with E-state index >= 15 is 0 Å². The third-order valence-electron chi connectivity index (χ3n) is 4.34. The Kier molecular flexibility index (Phi) is 6.27. The molecule has 2 fully saturated rings. The summed E-state index contributed by atoms with van der Waals surface area (Å²) in [5.74, 6) is -0.796. The summed E-state index contributed by atoms with van der Waals surface area (Å²) in [6.07, 6.45) is 1.10. The second-order valence-electron chi connectivity index (χ2n) is 5.66. The van der Waals surface area contributed by atoms with E-state index in [-0.39, 0.29) is 22.3 Å². The monoisotopic (exact) mass is 383 g/mol. The molecule has 2 heterocycles. The largest absolute Gasteiger partial charge is 0.315 e. The molecule has 0 aromatic heterocycles. The van der Waals surface area contributed by atoms with E-state index in [1.807, 2.05) is 0 Å². The first-order chi connectivity index (χ1) is 10.5. The summed E-state index contributed by atoms with van der Waals surface area (Å²) < 4.78 is 40.4. The van der Waals surface area contributed by atoms with Crippen molar-refractivity contribution in [2.24, 2.45) is 0 Å². The lowest BCUT2D eigenvalue weighted by Gasteiger charge is -2.37. The third-order valence-corrected chi connectivity index (χ3v) is 6.50. The van der Waals surface area contributed by atoms with Gasteiger partial charge in [-0.05, 0) is 31.2 Å². The molecule has 0 aliphatic carbocycles. The maximum Gasteiger partial charge on any atom is 0.246 e. The molecule has 9 heteroatoms. The molecule has 3 rings (SSSR count). The topological polar surface area (TPSA) is 52.7 Å². The molecule has 1 unspecified atom stereocenters. The highest BCUT2D eigenvalue weighted by atomic mass is 35.5. The summed E-state index contributed by atoms with van der Waals surface area (Å²) in [4.78, 5) is 2.01. The number of nitrogens with zero attached hydrogens (tertiary/aromatic N) is 2. The minimum absolute atomic E-state index is 0. The van der Waals surface area contributed by atoms with Crippen LogP contribution in [0.2, 0.25) is 5.02 Å². The predicted octanol–water partition coefficient (Wildman–Crippen LogP) is 1.57. The van der Waals surface area contributed by atoms with Gasteiger partial charge in [-0.15, -0.1) is 12.4 Å². The Hall–Kier alpha value is -0.440. The lowest BCUT2D eigenvalue weighted by Crippen LogP contribution is -2.52. The zero-order valence-corrected chi connectivity index (χ0v) is 14.9. The molecule has 1 aromatic carbocycles. The first-order valence-corrected chi connectivity index (χ1v) is 9.20. The lowest BCUT2D eigenvalue weighted by molar-refractivity contribution is 0.145. The molecule has 0 saturated carbocycles. The molecule has 5 nitrogen and oxygen atoms in total. The highest BCUT2D eigenvalue weighted by Crippen LogP contribution is 2.24. The molecule has 130 valence electrons. The van der Waals surface area contributed by atoms with Gasteiger partial charge < -0.3 is 5.32 Å². The van der Waals surface area contributed by atoms with Gasteiger partial charge in [0.25, 0.3) is 0 Å². The molecule has 1 atom stereocenters. The Morgan fingerprint density at radius 1 is 1.22 bits per heavy atom. The second kappa shape index (κ2) is 7.63. The fourth-order valence-electron chi connectivity index (χ4n) is 3.08. The Balaban J connectivity index is 0.00000192. The summed E-state index contributed by atoms with van der Waals surface area (Å²) in [5, 5.41) is 3.50. The van der Waals surface area contributed by atoms with Crippen LogP contribution >= 0.6 is 24.0 Å². The molecule has 1 N–H and O–H groups in total. The first kappa shape index (κ1) is 18.9. The minimum Gasteiger partial charge on any atom is -0.315 e. The number of piperazine rings is 1. The smallest absolute Gasteiger partial charge is 0.246 e. The molecular formula is C14H20Cl2FN3O2S. The number of benzene rings is 1. The van der Waals surface area contributed by atoms with Crippen molar-refractivity contribution < 1.29 is 12.8 Å². The first-order valence-electron chi connectivity index (χ1n) is 7.38. The van der Waals surface area contributed by atoms with Crippen molar-refractivity contribution in [2.45, 2.75) is 17.4 Å². The summed E-state index contributed by atoms with van der Waals surface area (Å²) in [6.45, 7) is 4.11. The van der Waals surface area contributed by atoms with Crippen LogP contribution in [0.15, 0.2) is 23.1 Å². The quantitative estimate of drug-likeness (QED) is 0.860. The van der Waals surface area contributed by atoms with Gasteiger partial charge in [-0.2, -0.15) is 4.31 Å². The SMILES string of the molecule is Cl.O=S(=O)(c1ccc(Cl)cc1F)N1CCN(C2CCNC2)CC1. The van der Waals surface area contributed by atoms with Crippen molar-refractivity contribution in [3.8, 4) is 0 Å². The van der Waals surface area contributed by atoms with Crippen LogP contribution in [0, 0.1) is 5.82 Å². The van der Waals surface area contributed by atoms with Gasteiger partial charge in [-0.3, -0.25) is 4.90 Å². The van der Waals surface area contributed by atoms with Gasteiger partial charge in [0, 0.05) is 43.8 Å². The Morgan fingerprint density at radius 3 is 2.48 bits per heavy atom. The van der Waals surface area contributed by atoms with E-state index in [1.165, 1.54) is 16.4 Å². The van der Waals surface area contributed by atoms with Crippen molar-refractivity contribution in [3.63, 3.8) is 0 Å². The van der Waals surface area contributed by atoms with Crippen LogP contribution < -0.4 is 5.32 Å². The second-order valence-corrected chi connectivity index (χ2v) is 8.00. The van der Waals surface area contributed by atoms with Gasteiger partial charge in [-0.1, -0.05) is 11.6 Å². The van der Waals surface area contributed by atoms with Crippen LogP contribution in [0.4, 0.5) is 4.39 Å². The van der Waals surface area contributed by atoms with Gasteiger partial charge in [0.15, 0.2) is 0 Å². The standard InChI is InChI=1S/C14H19ClFN3O2S.ClH/c15-11-1-2-14(13(16)9-11)22(20,21)19-7-5-18(6-8-19)12-3-4-17-10-12;/h1-2,9,12,17H,3-8,10H2;1H. The lowest BCUT2D eigenvalue weighted by atomic mass is 10.2. The number of hydrogen-bond donors (Lipinski definition) is 1. The van der Waals surface area contributed by atoms with Crippen molar-refractivity contribution in [1.29, 1.82) is 0 Å². The molecule has 23 heavy (non-hydrogen) atoms. The predicted molar refractivity (Wildman–Crippen MR) is 90.3 cm³/mol. The van der Waals surface area contributed by atoms with Crippen molar-refractivity contribution in [2.75, 3.05) is 39.3 Å². The molecular weight excluding hydrogens is 364 g/mol. The van der Waals surface area contributed by atoms with Crippen LogP contribution in [0.5, 0.6) is 0 Å². The van der Waals surface area contributed by atoms with E-state index in [9.17, 15) is 12.8 Å². The molecule has 2 aliphatic heterocycles. The summed E-state index contributed by atoms with van der Waals surface area (Å²) in [6, 6.07) is 4.16. The van der Waals surface area contributed by atoms with Gasteiger partial charge in [0.1, 0.15) is 10.7 Å². The van der Waals surface area contributed by atoms with Crippen molar-refractivity contribution >= 4 is 34.0 Å².